The molecule has 0 spiro atoms. The zero-order valence-electron chi connectivity index (χ0n) is 10.7. The van der Waals surface area contributed by atoms with Gasteiger partial charge in [0.05, 0.1) is 6.61 Å². The Hall–Kier alpha value is -1.63. The van der Waals surface area contributed by atoms with Gasteiger partial charge in [0.1, 0.15) is 0 Å². The van der Waals surface area contributed by atoms with Gasteiger partial charge < -0.3 is 15.4 Å². The molecule has 1 aromatic heterocycles. The first-order valence-electron chi connectivity index (χ1n) is 5.67. The predicted octanol–water partition coefficient (Wildman–Crippen LogP) is 1.18. The number of thiazole rings is 1. The fraction of sp³-hybridized carbons (Fsp3) is 0.545. The van der Waals surface area contributed by atoms with Crippen molar-refractivity contribution in [3.05, 3.63) is 10.6 Å². The lowest BCUT2D eigenvalue weighted by Gasteiger charge is -2.01. The van der Waals surface area contributed by atoms with Gasteiger partial charge >= 0.3 is 5.97 Å². The molecule has 0 atom stereocenters. The molecule has 0 aliphatic heterocycles. The zero-order chi connectivity index (χ0) is 13.5. The summed E-state index contributed by atoms with van der Waals surface area (Å²) in [5, 5.41) is 6.16. The van der Waals surface area contributed by atoms with Crippen LogP contribution in [0.1, 0.15) is 28.7 Å². The number of rotatable bonds is 6. The van der Waals surface area contributed by atoms with Crippen LogP contribution in [0.3, 0.4) is 0 Å². The molecule has 0 aromatic carbocycles. The number of amides is 1. The van der Waals surface area contributed by atoms with Gasteiger partial charge in [-0.2, -0.15) is 0 Å². The summed E-state index contributed by atoms with van der Waals surface area (Å²) >= 11 is 1.37. The molecule has 1 rings (SSSR count). The minimum atomic E-state index is -0.411. The molecule has 1 heterocycles. The van der Waals surface area contributed by atoms with Crippen LogP contribution in [0.25, 0.3) is 0 Å². The molecule has 6 nitrogen and oxygen atoms in total. The summed E-state index contributed by atoms with van der Waals surface area (Å²) in [5.41, 5.74) is 0.337. The molecule has 18 heavy (non-hydrogen) atoms. The number of ether oxygens (including phenoxy) is 1. The second-order valence-electron chi connectivity index (χ2n) is 3.49. The largest absolute Gasteiger partial charge is 0.461 e. The minimum absolute atomic E-state index is 0.0404. The van der Waals surface area contributed by atoms with Crippen LogP contribution in [-0.2, 0) is 9.53 Å². The Bertz CT molecular complexity index is 431. The van der Waals surface area contributed by atoms with E-state index in [-0.39, 0.29) is 5.91 Å². The second-order valence-corrected chi connectivity index (χ2v) is 4.70. The third-order valence-corrected chi connectivity index (χ3v) is 3.10. The number of nitrogens with zero attached hydrogens (tertiary/aromatic N) is 1. The van der Waals surface area contributed by atoms with Gasteiger partial charge in [-0.3, -0.25) is 4.79 Å². The maximum atomic E-state index is 11.5. The fourth-order valence-electron chi connectivity index (χ4n) is 1.27. The number of hydrogen-bond donors (Lipinski definition) is 2. The monoisotopic (exact) mass is 271 g/mol. The van der Waals surface area contributed by atoms with Gasteiger partial charge in [-0.15, -0.1) is 11.3 Å². The number of aromatic nitrogens is 1. The smallest absolute Gasteiger partial charge is 0.358 e. The van der Waals surface area contributed by atoms with Crippen LogP contribution in [0, 0.1) is 6.92 Å². The Balaban J connectivity index is 2.56. The van der Waals surface area contributed by atoms with E-state index in [2.05, 4.69) is 15.6 Å². The molecule has 0 radical (unpaired) electrons. The second kappa shape index (κ2) is 6.95. The number of aryl methyl sites for hydroxylation is 1. The first kappa shape index (κ1) is 14.4. The Kier molecular flexibility index (Phi) is 5.57. The van der Waals surface area contributed by atoms with Crippen molar-refractivity contribution in [3.63, 3.8) is 0 Å². The third kappa shape index (κ3) is 3.99. The number of nitrogens with one attached hydrogen (secondary N) is 2. The maximum Gasteiger partial charge on any atom is 0.358 e. The highest BCUT2D eigenvalue weighted by Crippen LogP contribution is 2.22. The van der Waals surface area contributed by atoms with Crippen LogP contribution in [0.2, 0.25) is 0 Å². The van der Waals surface area contributed by atoms with Crippen molar-refractivity contribution >= 4 is 28.3 Å². The molecule has 0 aliphatic rings. The average molecular weight is 271 g/mol. The molecular formula is C11H17N3O3S. The Morgan fingerprint density at radius 2 is 2.17 bits per heavy atom. The summed E-state index contributed by atoms with van der Waals surface area (Å²) in [6.07, 6.45) is 0.365. The van der Waals surface area contributed by atoms with Crippen LogP contribution >= 0.6 is 11.3 Å². The molecule has 2 N–H and O–H groups in total. The van der Waals surface area contributed by atoms with Gasteiger partial charge in [0.2, 0.25) is 5.91 Å². The van der Waals surface area contributed by atoms with Crippen LogP contribution in [-0.4, -0.2) is 37.1 Å². The van der Waals surface area contributed by atoms with E-state index in [1.54, 1.807) is 14.0 Å². The van der Waals surface area contributed by atoms with Crippen molar-refractivity contribution in [2.75, 3.05) is 25.5 Å². The number of hydrogen-bond acceptors (Lipinski definition) is 6. The van der Waals surface area contributed by atoms with Gasteiger partial charge in [0.15, 0.2) is 10.8 Å². The van der Waals surface area contributed by atoms with E-state index in [1.807, 2.05) is 6.92 Å². The van der Waals surface area contributed by atoms with E-state index >= 15 is 0 Å². The summed E-state index contributed by atoms with van der Waals surface area (Å²) in [5.74, 6) is -0.452. The lowest BCUT2D eigenvalue weighted by atomic mass is 10.4. The first-order chi connectivity index (χ1) is 8.58. The lowest BCUT2D eigenvalue weighted by Crippen LogP contribution is -2.20. The topological polar surface area (TPSA) is 80.3 Å². The van der Waals surface area contributed by atoms with Crippen LogP contribution in [0.5, 0.6) is 0 Å². The van der Waals surface area contributed by atoms with Gasteiger partial charge in [-0.1, -0.05) is 0 Å². The maximum absolute atomic E-state index is 11.5. The quantitative estimate of drug-likeness (QED) is 0.759. The van der Waals surface area contributed by atoms with Gasteiger partial charge in [0.25, 0.3) is 0 Å². The summed E-state index contributed by atoms with van der Waals surface area (Å²) in [7, 11) is 1.59. The van der Waals surface area contributed by atoms with E-state index in [9.17, 15) is 9.59 Å². The predicted molar refractivity (Wildman–Crippen MR) is 70.0 cm³/mol. The van der Waals surface area contributed by atoms with Crippen molar-refractivity contribution in [1.29, 1.82) is 0 Å². The lowest BCUT2D eigenvalue weighted by molar-refractivity contribution is -0.120. The van der Waals surface area contributed by atoms with Crippen molar-refractivity contribution in [2.45, 2.75) is 20.3 Å². The van der Waals surface area contributed by atoms with Crippen LogP contribution in [0.15, 0.2) is 0 Å². The van der Waals surface area contributed by atoms with Crippen molar-refractivity contribution < 1.29 is 14.3 Å². The molecule has 0 saturated carbocycles. The van der Waals surface area contributed by atoms with Gasteiger partial charge in [0, 0.05) is 24.9 Å². The summed E-state index contributed by atoms with van der Waals surface area (Å²) in [4.78, 5) is 27.5. The molecule has 7 heteroatoms. The van der Waals surface area contributed by atoms with Crippen molar-refractivity contribution in [1.82, 2.24) is 10.3 Å². The van der Waals surface area contributed by atoms with Crippen molar-refractivity contribution in [3.8, 4) is 0 Å². The van der Waals surface area contributed by atoms with Crippen molar-refractivity contribution in [2.24, 2.45) is 0 Å². The SMILES string of the molecule is CCOC(=O)c1nc(NCCC(=O)NC)sc1C. The Morgan fingerprint density at radius 1 is 1.44 bits per heavy atom. The number of carbonyl (C=O) groups excluding carboxylic acids is 2. The Morgan fingerprint density at radius 3 is 2.78 bits per heavy atom. The minimum Gasteiger partial charge on any atom is -0.461 e. The Labute approximate surface area is 110 Å². The van der Waals surface area contributed by atoms with E-state index in [4.69, 9.17) is 4.74 Å². The average Bonchev–Trinajstić information content (AvgIpc) is 2.70. The summed E-state index contributed by atoms with van der Waals surface area (Å²) < 4.78 is 4.90. The normalized spacial score (nSPS) is 9.94. The summed E-state index contributed by atoms with van der Waals surface area (Å²) in [6, 6.07) is 0. The molecule has 0 unspecified atom stereocenters. The molecular weight excluding hydrogens is 254 g/mol. The highest BCUT2D eigenvalue weighted by atomic mass is 32.1. The zero-order valence-corrected chi connectivity index (χ0v) is 11.5. The van der Waals surface area contributed by atoms with E-state index in [0.717, 1.165) is 4.88 Å². The van der Waals surface area contributed by atoms with Gasteiger partial charge in [-0.25, -0.2) is 9.78 Å². The van der Waals surface area contributed by atoms with Crippen LogP contribution < -0.4 is 10.6 Å². The highest BCUT2D eigenvalue weighted by Gasteiger charge is 2.16. The molecule has 0 aliphatic carbocycles. The number of anilines is 1. The standard InChI is InChI=1S/C11H17N3O3S/c1-4-17-10(16)9-7(2)18-11(14-9)13-6-5-8(15)12-3/h4-6H2,1-3H3,(H,12,15)(H,13,14). The van der Waals surface area contributed by atoms with E-state index < -0.39 is 5.97 Å². The molecule has 100 valence electrons. The fourth-order valence-corrected chi connectivity index (χ4v) is 2.10. The molecule has 1 aromatic rings. The first-order valence-corrected chi connectivity index (χ1v) is 6.49. The van der Waals surface area contributed by atoms with Gasteiger partial charge in [-0.05, 0) is 13.8 Å². The molecule has 0 fully saturated rings. The van der Waals surface area contributed by atoms with E-state index in [0.29, 0.717) is 30.4 Å². The highest BCUT2D eigenvalue weighted by molar-refractivity contribution is 7.15. The molecule has 1 amide bonds. The van der Waals surface area contributed by atoms with Crippen LogP contribution in [0.4, 0.5) is 5.13 Å². The molecule has 0 bridgehead atoms. The summed E-state index contributed by atoms with van der Waals surface area (Å²) in [6.45, 7) is 4.38. The number of esters is 1. The molecule has 0 saturated heterocycles. The third-order valence-electron chi connectivity index (χ3n) is 2.17. The number of carbonyl (C=O) groups is 2. The van der Waals surface area contributed by atoms with E-state index in [1.165, 1.54) is 11.3 Å².